The van der Waals surface area contributed by atoms with Crippen molar-refractivity contribution in [1.82, 2.24) is 0 Å². The molecular weight excluding hydrogens is 590 g/mol. The Morgan fingerprint density at radius 1 is 0.815 bits per heavy atom. The average molecular weight is 600 g/mol. The van der Waals surface area contributed by atoms with Crippen LogP contribution in [0.3, 0.4) is 0 Å². The SMILES string of the molecule is O=C1OC2(c3ccccc31)c1ccc(O)c(I)c1Sc1c2ccc(O)c1I. The molecule has 3 aromatic rings. The molecule has 3 aromatic carbocycles. The van der Waals surface area contributed by atoms with E-state index in [1.54, 1.807) is 18.2 Å². The molecule has 0 saturated carbocycles. The van der Waals surface area contributed by atoms with Crippen molar-refractivity contribution in [3.05, 3.63) is 77.9 Å². The maximum Gasteiger partial charge on any atom is 0.340 e. The third kappa shape index (κ3) is 2.24. The van der Waals surface area contributed by atoms with Gasteiger partial charge in [0.15, 0.2) is 5.60 Å². The van der Waals surface area contributed by atoms with Gasteiger partial charge in [0, 0.05) is 26.5 Å². The van der Waals surface area contributed by atoms with Crippen molar-refractivity contribution in [2.75, 3.05) is 0 Å². The predicted octanol–water partition coefficient (Wildman–Crippen LogP) is 5.23. The summed E-state index contributed by atoms with van der Waals surface area (Å²) in [6, 6.07) is 14.3. The van der Waals surface area contributed by atoms with Crippen LogP contribution >= 0.6 is 56.9 Å². The molecule has 0 unspecified atom stereocenters. The van der Waals surface area contributed by atoms with Gasteiger partial charge in [0.1, 0.15) is 11.5 Å². The van der Waals surface area contributed by atoms with E-state index < -0.39 is 5.60 Å². The summed E-state index contributed by atoms with van der Waals surface area (Å²) in [7, 11) is 0. The van der Waals surface area contributed by atoms with E-state index in [-0.39, 0.29) is 17.5 Å². The molecular formula is C20H10I2O4S. The molecule has 0 radical (unpaired) electrons. The van der Waals surface area contributed by atoms with E-state index in [0.717, 1.165) is 26.5 Å². The molecule has 2 heterocycles. The van der Waals surface area contributed by atoms with E-state index >= 15 is 0 Å². The topological polar surface area (TPSA) is 66.8 Å². The smallest absolute Gasteiger partial charge is 0.340 e. The van der Waals surface area contributed by atoms with Gasteiger partial charge in [-0.25, -0.2) is 4.79 Å². The summed E-state index contributed by atoms with van der Waals surface area (Å²) in [6.07, 6.45) is 0. The first-order chi connectivity index (χ1) is 12.9. The van der Waals surface area contributed by atoms with Crippen molar-refractivity contribution in [2.24, 2.45) is 0 Å². The summed E-state index contributed by atoms with van der Waals surface area (Å²) in [5.41, 5.74) is 1.86. The molecule has 1 spiro atoms. The van der Waals surface area contributed by atoms with Gasteiger partial charge in [0.05, 0.1) is 12.7 Å². The minimum atomic E-state index is -1.09. The van der Waals surface area contributed by atoms with Crippen molar-refractivity contribution < 1.29 is 19.7 Å². The minimum Gasteiger partial charge on any atom is -0.507 e. The number of esters is 1. The summed E-state index contributed by atoms with van der Waals surface area (Å²) in [5.74, 6) is -0.0259. The van der Waals surface area contributed by atoms with Crippen LogP contribution in [0.1, 0.15) is 27.0 Å². The number of benzene rings is 3. The van der Waals surface area contributed by atoms with Crippen molar-refractivity contribution in [3.63, 3.8) is 0 Å². The van der Waals surface area contributed by atoms with Crippen LogP contribution in [0.4, 0.5) is 0 Å². The van der Waals surface area contributed by atoms with Gasteiger partial charge in [-0.3, -0.25) is 0 Å². The molecule has 4 nitrogen and oxygen atoms in total. The third-order valence-corrected chi connectivity index (χ3v) is 9.06. The van der Waals surface area contributed by atoms with Gasteiger partial charge in [-0.05, 0) is 75.5 Å². The zero-order valence-corrected chi connectivity index (χ0v) is 18.6. The lowest BCUT2D eigenvalue weighted by molar-refractivity contribution is 0.0232. The lowest BCUT2D eigenvalue weighted by Gasteiger charge is -2.37. The molecule has 0 atom stereocenters. The number of phenols is 2. The number of fused-ring (bicyclic) bond motifs is 6. The third-order valence-electron chi connectivity index (χ3n) is 4.89. The van der Waals surface area contributed by atoms with Gasteiger partial charge in [-0.15, -0.1) is 0 Å². The van der Waals surface area contributed by atoms with Crippen molar-refractivity contribution in [1.29, 1.82) is 0 Å². The number of phenolic OH excluding ortho intramolecular Hbond substituents is 2. The molecule has 2 aliphatic heterocycles. The number of aromatic hydroxyl groups is 2. The van der Waals surface area contributed by atoms with Crippen LogP contribution in [0.15, 0.2) is 58.3 Å². The molecule has 0 aromatic heterocycles. The standard InChI is InChI=1S/C20H10I2O4S/c21-15-13(23)7-5-11-17(15)27-18-12(6-8-14(24)16(18)22)20(11)10-4-2-1-3-9(10)19(25)26-20/h1-8,23-24H. The van der Waals surface area contributed by atoms with E-state index in [1.807, 2.05) is 30.3 Å². The van der Waals surface area contributed by atoms with E-state index in [9.17, 15) is 15.0 Å². The van der Waals surface area contributed by atoms with Crippen molar-refractivity contribution in [3.8, 4) is 11.5 Å². The minimum absolute atomic E-state index is 0.174. The van der Waals surface area contributed by atoms with Gasteiger partial charge in [-0.1, -0.05) is 30.0 Å². The fraction of sp³-hybridized carbons (Fsp3) is 0.0500. The number of carbonyl (C=O) groups excluding carboxylic acids is 1. The quantitative estimate of drug-likeness (QED) is 0.274. The molecule has 0 amide bonds. The Labute approximate surface area is 186 Å². The Morgan fingerprint density at radius 3 is 1.96 bits per heavy atom. The van der Waals surface area contributed by atoms with E-state index in [0.29, 0.717) is 12.7 Å². The molecule has 0 bridgehead atoms. The van der Waals surface area contributed by atoms with Gasteiger partial charge in [-0.2, -0.15) is 0 Å². The largest absolute Gasteiger partial charge is 0.507 e. The molecule has 134 valence electrons. The van der Waals surface area contributed by atoms with Gasteiger partial charge >= 0.3 is 5.97 Å². The zero-order chi connectivity index (χ0) is 18.9. The molecule has 5 rings (SSSR count). The van der Waals surface area contributed by atoms with Crippen LogP contribution in [0.2, 0.25) is 0 Å². The maximum absolute atomic E-state index is 12.7. The monoisotopic (exact) mass is 600 g/mol. The van der Waals surface area contributed by atoms with Crippen LogP contribution in [0.25, 0.3) is 0 Å². The summed E-state index contributed by atoms with van der Waals surface area (Å²) in [5, 5.41) is 20.5. The number of halogens is 2. The van der Waals surface area contributed by atoms with Crippen LogP contribution < -0.4 is 0 Å². The van der Waals surface area contributed by atoms with E-state index in [1.165, 1.54) is 11.8 Å². The number of hydrogen-bond acceptors (Lipinski definition) is 5. The second-order valence-electron chi connectivity index (χ2n) is 6.27. The highest BCUT2D eigenvalue weighted by Gasteiger charge is 2.53. The van der Waals surface area contributed by atoms with Crippen molar-refractivity contribution in [2.45, 2.75) is 15.4 Å². The van der Waals surface area contributed by atoms with Crippen LogP contribution in [0.5, 0.6) is 11.5 Å². The normalized spacial score (nSPS) is 15.9. The predicted molar refractivity (Wildman–Crippen MR) is 118 cm³/mol. The first kappa shape index (κ1) is 17.6. The molecule has 0 aliphatic carbocycles. The molecule has 7 heteroatoms. The number of hydrogen-bond donors (Lipinski definition) is 2. The zero-order valence-electron chi connectivity index (χ0n) is 13.5. The van der Waals surface area contributed by atoms with E-state index in [4.69, 9.17) is 4.74 Å². The second kappa shape index (κ2) is 6.02. The first-order valence-electron chi connectivity index (χ1n) is 7.99. The Balaban J connectivity index is 1.96. The summed E-state index contributed by atoms with van der Waals surface area (Å²) >= 11 is 5.69. The van der Waals surface area contributed by atoms with Crippen molar-refractivity contribution >= 4 is 62.9 Å². The van der Waals surface area contributed by atoms with Crippen LogP contribution in [-0.4, -0.2) is 16.2 Å². The Morgan fingerprint density at radius 2 is 1.37 bits per heavy atom. The Hall–Kier alpha value is -1.46. The lowest BCUT2D eigenvalue weighted by atomic mass is 9.79. The summed E-state index contributed by atoms with van der Waals surface area (Å²) < 4.78 is 7.47. The Bertz CT molecular complexity index is 1100. The van der Waals surface area contributed by atoms with E-state index in [2.05, 4.69) is 45.2 Å². The lowest BCUT2D eigenvalue weighted by Crippen LogP contribution is -2.33. The Kier molecular flexibility index (Phi) is 3.93. The number of carbonyl (C=O) groups is 1. The summed E-state index contributed by atoms with van der Waals surface area (Å²) in [4.78, 5) is 14.4. The molecule has 0 saturated heterocycles. The van der Waals surface area contributed by atoms with Gasteiger partial charge in [0.2, 0.25) is 0 Å². The molecule has 2 aliphatic rings. The highest BCUT2D eigenvalue weighted by atomic mass is 127. The molecule has 2 N–H and O–H groups in total. The summed E-state index contributed by atoms with van der Waals surface area (Å²) in [6.45, 7) is 0. The first-order valence-corrected chi connectivity index (χ1v) is 11.0. The van der Waals surface area contributed by atoms with Crippen LogP contribution in [0, 0.1) is 7.14 Å². The fourth-order valence-corrected chi connectivity index (χ4v) is 6.55. The molecule has 0 fully saturated rings. The average Bonchev–Trinajstić information content (AvgIpc) is 2.96. The highest BCUT2D eigenvalue weighted by molar-refractivity contribution is 14.1. The second-order valence-corrected chi connectivity index (χ2v) is 9.45. The maximum atomic E-state index is 12.7. The van der Waals surface area contributed by atoms with Gasteiger partial charge < -0.3 is 14.9 Å². The van der Waals surface area contributed by atoms with Crippen LogP contribution in [-0.2, 0) is 10.3 Å². The molecule has 27 heavy (non-hydrogen) atoms. The van der Waals surface area contributed by atoms with Gasteiger partial charge in [0.25, 0.3) is 0 Å². The highest BCUT2D eigenvalue weighted by Crippen LogP contribution is 2.59. The number of ether oxygens (including phenoxy) is 1. The number of rotatable bonds is 0. The fourth-order valence-electron chi connectivity index (χ4n) is 3.71.